The summed E-state index contributed by atoms with van der Waals surface area (Å²) in [6, 6.07) is 15.2. The second-order valence-electron chi connectivity index (χ2n) is 8.99. The number of ether oxygens (including phenoxy) is 1. The average molecular weight is 475 g/mol. The SMILES string of the molecule is O=C(N[C@H](Cc1cnc[nH]1)C(=O)NC[C@@H]1C[C@@H]1C(=O)O)OCC1c2ccccc2-c2ccccc21. The van der Waals surface area contributed by atoms with Crippen molar-refractivity contribution >= 4 is 18.0 Å². The van der Waals surface area contributed by atoms with Gasteiger partial charge in [-0.1, -0.05) is 48.5 Å². The predicted molar refractivity (Wildman–Crippen MR) is 127 cm³/mol. The molecule has 0 radical (unpaired) electrons. The van der Waals surface area contributed by atoms with Crippen LogP contribution in [0.3, 0.4) is 0 Å². The van der Waals surface area contributed by atoms with E-state index in [1.807, 2.05) is 36.4 Å². The van der Waals surface area contributed by atoms with Crippen LogP contribution in [0, 0.1) is 11.8 Å². The number of rotatable bonds is 9. The minimum absolute atomic E-state index is 0.0845. The van der Waals surface area contributed by atoms with Gasteiger partial charge in [0.2, 0.25) is 5.91 Å². The molecule has 2 aromatic carbocycles. The van der Waals surface area contributed by atoms with E-state index in [-0.39, 0.29) is 31.4 Å². The normalized spacial score (nSPS) is 18.7. The quantitative estimate of drug-likeness (QED) is 0.377. The smallest absolute Gasteiger partial charge is 0.407 e. The van der Waals surface area contributed by atoms with E-state index < -0.39 is 29.9 Å². The molecule has 4 N–H and O–H groups in total. The topological polar surface area (TPSA) is 133 Å². The van der Waals surface area contributed by atoms with Crippen LogP contribution in [-0.2, 0) is 20.7 Å². The van der Waals surface area contributed by atoms with Crippen molar-refractivity contribution in [3.8, 4) is 11.1 Å². The Morgan fingerprint density at radius 1 is 1.09 bits per heavy atom. The Morgan fingerprint density at radius 2 is 1.77 bits per heavy atom. The van der Waals surface area contributed by atoms with Crippen LogP contribution in [0.15, 0.2) is 61.1 Å². The number of carbonyl (C=O) groups excluding carboxylic acids is 2. The van der Waals surface area contributed by atoms with Crippen LogP contribution in [0.5, 0.6) is 0 Å². The minimum atomic E-state index is -0.895. The number of carboxylic acid groups (broad SMARTS) is 1. The molecule has 0 aliphatic heterocycles. The molecule has 3 atom stereocenters. The lowest BCUT2D eigenvalue weighted by Crippen LogP contribution is -2.49. The number of hydrogen-bond donors (Lipinski definition) is 4. The molecular formula is C26H26N4O5. The van der Waals surface area contributed by atoms with Gasteiger partial charge in [-0.2, -0.15) is 0 Å². The van der Waals surface area contributed by atoms with E-state index in [0.29, 0.717) is 12.1 Å². The van der Waals surface area contributed by atoms with Gasteiger partial charge in [-0.3, -0.25) is 9.59 Å². The maximum atomic E-state index is 12.8. The van der Waals surface area contributed by atoms with Crippen molar-refractivity contribution in [1.82, 2.24) is 20.6 Å². The molecule has 1 fully saturated rings. The van der Waals surface area contributed by atoms with Crippen molar-refractivity contribution in [3.63, 3.8) is 0 Å². The number of benzene rings is 2. The van der Waals surface area contributed by atoms with Crippen LogP contribution >= 0.6 is 0 Å². The van der Waals surface area contributed by atoms with Gasteiger partial charge in [0.05, 0.1) is 12.2 Å². The molecule has 0 unspecified atom stereocenters. The first kappa shape index (κ1) is 22.6. The van der Waals surface area contributed by atoms with Gasteiger partial charge >= 0.3 is 12.1 Å². The molecule has 1 saturated carbocycles. The summed E-state index contributed by atoms with van der Waals surface area (Å²) in [5.74, 6) is -1.84. The fourth-order valence-corrected chi connectivity index (χ4v) is 4.74. The van der Waals surface area contributed by atoms with Crippen molar-refractivity contribution < 1.29 is 24.2 Å². The average Bonchev–Trinajstić information content (AvgIpc) is 3.34. The van der Waals surface area contributed by atoms with E-state index in [1.54, 1.807) is 6.20 Å². The second kappa shape index (κ2) is 9.61. The van der Waals surface area contributed by atoms with E-state index in [9.17, 15) is 14.4 Å². The summed E-state index contributed by atoms with van der Waals surface area (Å²) in [6.45, 7) is 0.391. The maximum absolute atomic E-state index is 12.8. The molecule has 5 rings (SSSR count). The number of alkyl carbamates (subject to hydrolysis) is 1. The largest absolute Gasteiger partial charge is 0.481 e. The molecular weight excluding hydrogens is 448 g/mol. The van der Waals surface area contributed by atoms with Gasteiger partial charge in [0.15, 0.2) is 0 Å². The van der Waals surface area contributed by atoms with Gasteiger partial charge in [0, 0.05) is 30.8 Å². The Bertz CT molecular complexity index is 1200. The molecule has 2 amide bonds. The highest BCUT2D eigenvalue weighted by Crippen LogP contribution is 2.44. The Hall–Kier alpha value is -4.14. The number of fused-ring (bicyclic) bond motifs is 3. The van der Waals surface area contributed by atoms with Gasteiger partial charge in [0.25, 0.3) is 0 Å². The summed E-state index contributed by atoms with van der Waals surface area (Å²) in [5.41, 5.74) is 5.15. The fraction of sp³-hybridized carbons (Fsp3) is 0.308. The third-order valence-corrected chi connectivity index (χ3v) is 6.71. The summed E-state index contributed by atoms with van der Waals surface area (Å²) in [6.07, 6.45) is 3.13. The predicted octanol–water partition coefficient (Wildman–Crippen LogP) is 2.70. The van der Waals surface area contributed by atoms with E-state index in [0.717, 1.165) is 22.3 Å². The molecule has 1 heterocycles. The van der Waals surface area contributed by atoms with Crippen LogP contribution < -0.4 is 10.6 Å². The Morgan fingerprint density at radius 3 is 2.37 bits per heavy atom. The van der Waals surface area contributed by atoms with Gasteiger partial charge in [-0.25, -0.2) is 9.78 Å². The van der Waals surface area contributed by atoms with Crippen LogP contribution in [0.1, 0.15) is 29.2 Å². The van der Waals surface area contributed by atoms with Gasteiger partial charge in [-0.15, -0.1) is 0 Å². The van der Waals surface area contributed by atoms with Crippen LogP contribution in [0.4, 0.5) is 4.79 Å². The molecule has 35 heavy (non-hydrogen) atoms. The number of aromatic nitrogens is 2. The molecule has 9 heteroatoms. The standard InChI is InChI=1S/C26H26N4O5/c31-24(28-11-15-9-21(15)25(32)33)23(10-16-12-27-14-29-16)30-26(34)35-13-22-19-7-3-1-5-17(19)18-6-2-4-8-20(18)22/h1-8,12,14-15,21-23H,9-11,13H2,(H,27,29)(H,28,31)(H,30,34)(H,32,33)/t15-,21-,23+/m0/s1. The molecule has 0 bridgehead atoms. The van der Waals surface area contributed by atoms with Crippen molar-refractivity contribution in [2.24, 2.45) is 11.8 Å². The van der Waals surface area contributed by atoms with Gasteiger partial charge in [-0.05, 0) is 34.6 Å². The van der Waals surface area contributed by atoms with Gasteiger partial charge in [0.1, 0.15) is 12.6 Å². The number of amides is 2. The van der Waals surface area contributed by atoms with E-state index in [1.165, 1.54) is 6.33 Å². The second-order valence-corrected chi connectivity index (χ2v) is 8.99. The lowest BCUT2D eigenvalue weighted by atomic mass is 9.98. The fourth-order valence-electron chi connectivity index (χ4n) is 4.74. The number of nitrogens with one attached hydrogen (secondary N) is 3. The van der Waals surface area contributed by atoms with E-state index in [2.05, 4.69) is 32.7 Å². The Labute approximate surface area is 201 Å². The van der Waals surface area contributed by atoms with Crippen molar-refractivity contribution in [2.45, 2.75) is 24.8 Å². The molecule has 1 aromatic heterocycles. The number of hydrogen-bond acceptors (Lipinski definition) is 5. The number of aliphatic carboxylic acids is 1. The first-order valence-corrected chi connectivity index (χ1v) is 11.6. The molecule has 3 aromatic rings. The Balaban J connectivity index is 1.22. The molecule has 9 nitrogen and oxygen atoms in total. The third-order valence-electron chi connectivity index (χ3n) is 6.71. The molecule has 0 spiro atoms. The van der Waals surface area contributed by atoms with Crippen molar-refractivity contribution in [3.05, 3.63) is 77.9 Å². The lowest BCUT2D eigenvalue weighted by Gasteiger charge is -2.19. The van der Waals surface area contributed by atoms with Crippen molar-refractivity contribution in [1.29, 1.82) is 0 Å². The van der Waals surface area contributed by atoms with Crippen molar-refractivity contribution in [2.75, 3.05) is 13.2 Å². The maximum Gasteiger partial charge on any atom is 0.407 e. The number of H-pyrrole nitrogens is 1. The van der Waals surface area contributed by atoms with E-state index in [4.69, 9.17) is 9.84 Å². The highest BCUT2D eigenvalue weighted by atomic mass is 16.5. The first-order valence-electron chi connectivity index (χ1n) is 11.6. The van der Waals surface area contributed by atoms with E-state index >= 15 is 0 Å². The number of nitrogens with zero attached hydrogens (tertiary/aromatic N) is 1. The number of carbonyl (C=O) groups is 3. The number of imidazole rings is 1. The highest BCUT2D eigenvalue weighted by molar-refractivity contribution is 5.86. The molecule has 0 saturated heterocycles. The zero-order chi connectivity index (χ0) is 24.4. The minimum Gasteiger partial charge on any atom is -0.481 e. The summed E-state index contributed by atoms with van der Waals surface area (Å²) < 4.78 is 5.59. The molecule has 2 aliphatic carbocycles. The third kappa shape index (κ3) is 4.89. The van der Waals surface area contributed by atoms with Crippen LogP contribution in [0.2, 0.25) is 0 Å². The van der Waals surface area contributed by atoms with Crippen LogP contribution in [0.25, 0.3) is 11.1 Å². The van der Waals surface area contributed by atoms with Gasteiger partial charge < -0.3 is 25.5 Å². The first-order chi connectivity index (χ1) is 17.0. The zero-order valence-corrected chi connectivity index (χ0v) is 18.9. The molecule has 180 valence electrons. The van der Waals surface area contributed by atoms with Crippen LogP contribution in [-0.4, -0.2) is 52.2 Å². The Kier molecular flexibility index (Phi) is 6.22. The zero-order valence-electron chi connectivity index (χ0n) is 18.9. The summed E-state index contributed by atoms with van der Waals surface area (Å²) in [7, 11) is 0. The molecule has 2 aliphatic rings. The number of aromatic amines is 1. The monoisotopic (exact) mass is 474 g/mol. The summed E-state index contributed by atoms with van der Waals surface area (Å²) >= 11 is 0. The lowest BCUT2D eigenvalue weighted by molar-refractivity contribution is -0.139. The summed E-state index contributed by atoms with van der Waals surface area (Å²) in [4.78, 5) is 43.5. The highest BCUT2D eigenvalue weighted by Gasteiger charge is 2.43. The number of carboxylic acids is 1. The summed E-state index contributed by atoms with van der Waals surface area (Å²) in [5, 5.41) is 14.5.